The summed E-state index contributed by atoms with van der Waals surface area (Å²) in [6.07, 6.45) is -4.41. The van der Waals surface area contributed by atoms with Gasteiger partial charge in [-0.05, 0) is 52.1 Å². The number of hydrogen-bond acceptors (Lipinski definition) is 2. The van der Waals surface area contributed by atoms with Gasteiger partial charge in [0.1, 0.15) is 5.54 Å². The van der Waals surface area contributed by atoms with Crippen molar-refractivity contribution in [1.82, 2.24) is 9.78 Å². The second-order valence-corrected chi connectivity index (χ2v) is 9.63. The van der Waals surface area contributed by atoms with Crippen molar-refractivity contribution in [2.45, 2.75) is 11.7 Å². The third-order valence-corrected chi connectivity index (χ3v) is 7.33. The number of benzene rings is 5. The summed E-state index contributed by atoms with van der Waals surface area (Å²) in [7, 11) is 1.80. The lowest BCUT2D eigenvalue weighted by Gasteiger charge is -2.37. The van der Waals surface area contributed by atoms with Crippen LogP contribution in [0.25, 0.3) is 22.0 Å². The van der Waals surface area contributed by atoms with Crippen LogP contribution in [0.15, 0.2) is 133 Å². The smallest absolute Gasteiger partial charge is 0.371 e. The molecule has 0 saturated heterocycles. The average molecular weight is 534 g/mol. The Balaban J connectivity index is 1.66. The number of fused-ring (bicyclic) bond motifs is 1. The van der Waals surface area contributed by atoms with E-state index in [4.69, 9.17) is 5.10 Å². The summed E-state index contributed by atoms with van der Waals surface area (Å²) < 4.78 is 42.4. The highest BCUT2D eigenvalue weighted by molar-refractivity contribution is 5.94. The van der Waals surface area contributed by atoms with Crippen molar-refractivity contribution >= 4 is 16.7 Å². The number of nitrogens with one attached hydrogen (secondary N) is 1. The molecule has 0 fully saturated rings. The lowest BCUT2D eigenvalue weighted by Crippen LogP contribution is -2.38. The number of rotatable bonds is 6. The summed E-state index contributed by atoms with van der Waals surface area (Å²) in [6, 6.07) is 41.8. The molecule has 0 saturated carbocycles. The number of alkyl halides is 3. The monoisotopic (exact) mass is 533 g/mol. The van der Waals surface area contributed by atoms with Gasteiger partial charge in [-0.2, -0.15) is 18.3 Å². The van der Waals surface area contributed by atoms with Crippen molar-refractivity contribution in [2.75, 3.05) is 12.4 Å². The van der Waals surface area contributed by atoms with Crippen LogP contribution in [0.5, 0.6) is 0 Å². The third-order valence-electron chi connectivity index (χ3n) is 7.33. The molecule has 0 aliphatic heterocycles. The van der Waals surface area contributed by atoms with Crippen LogP contribution in [0.2, 0.25) is 0 Å². The van der Waals surface area contributed by atoms with Gasteiger partial charge in [-0.15, -0.1) is 0 Å². The van der Waals surface area contributed by atoms with Gasteiger partial charge in [-0.25, -0.2) is 4.68 Å². The standard InChI is InChI=1S/C34H26F3N3/c1-38-32-30-23-25(24-12-11-19-29(22-24)34(35,36)37)20-21-31(30)40(39-32)33(26-13-5-2-6-14-26,27-15-7-3-8-16-27)28-17-9-4-10-18-28/h2-23H,1H3,(H,38,39). The van der Waals surface area contributed by atoms with Crippen LogP contribution in [0.1, 0.15) is 22.3 Å². The van der Waals surface area contributed by atoms with Crippen LogP contribution in [-0.4, -0.2) is 16.8 Å². The summed E-state index contributed by atoms with van der Waals surface area (Å²) >= 11 is 0. The molecular formula is C34H26F3N3. The molecule has 6 heteroatoms. The second kappa shape index (κ2) is 10.0. The van der Waals surface area contributed by atoms with Crippen molar-refractivity contribution < 1.29 is 13.2 Å². The van der Waals surface area contributed by atoms with E-state index in [0.29, 0.717) is 16.9 Å². The molecule has 1 aromatic heterocycles. The van der Waals surface area contributed by atoms with Crippen molar-refractivity contribution in [2.24, 2.45) is 0 Å². The largest absolute Gasteiger partial charge is 0.416 e. The molecule has 0 aliphatic carbocycles. The van der Waals surface area contributed by atoms with Crippen LogP contribution in [0, 0.1) is 0 Å². The van der Waals surface area contributed by atoms with Gasteiger partial charge in [0.05, 0.1) is 11.1 Å². The minimum absolute atomic E-state index is 0.493. The van der Waals surface area contributed by atoms with E-state index in [2.05, 4.69) is 41.7 Å². The van der Waals surface area contributed by atoms with E-state index in [1.54, 1.807) is 13.1 Å². The SMILES string of the molecule is CNc1nn(C(c2ccccc2)(c2ccccc2)c2ccccc2)c2ccc(-c3cccc(C(F)(F)F)c3)cc12. The molecule has 0 amide bonds. The Morgan fingerprint density at radius 1 is 0.575 bits per heavy atom. The zero-order valence-electron chi connectivity index (χ0n) is 21.7. The molecule has 6 rings (SSSR count). The first-order valence-corrected chi connectivity index (χ1v) is 13.0. The van der Waals surface area contributed by atoms with E-state index in [1.807, 2.05) is 77.5 Å². The molecule has 0 aliphatic rings. The Kier molecular flexibility index (Phi) is 6.39. The summed E-state index contributed by atoms with van der Waals surface area (Å²) in [4.78, 5) is 0. The van der Waals surface area contributed by atoms with Gasteiger partial charge in [-0.3, -0.25) is 0 Å². The van der Waals surface area contributed by atoms with Crippen molar-refractivity contribution in [3.05, 3.63) is 156 Å². The summed E-state index contributed by atoms with van der Waals surface area (Å²) in [6.45, 7) is 0. The van der Waals surface area contributed by atoms with E-state index in [9.17, 15) is 13.2 Å². The lowest BCUT2D eigenvalue weighted by molar-refractivity contribution is -0.137. The molecular weight excluding hydrogens is 507 g/mol. The Morgan fingerprint density at radius 2 is 1.07 bits per heavy atom. The number of halogens is 3. The highest BCUT2D eigenvalue weighted by Gasteiger charge is 2.41. The minimum atomic E-state index is -4.41. The third kappa shape index (κ3) is 4.22. The molecule has 3 nitrogen and oxygen atoms in total. The van der Waals surface area contributed by atoms with Crippen molar-refractivity contribution in [3.63, 3.8) is 0 Å². The van der Waals surface area contributed by atoms with Gasteiger partial charge in [0.15, 0.2) is 5.82 Å². The van der Waals surface area contributed by atoms with Gasteiger partial charge in [-0.1, -0.05) is 109 Å². The zero-order chi connectivity index (χ0) is 27.7. The van der Waals surface area contributed by atoms with Gasteiger partial charge in [0.2, 0.25) is 0 Å². The van der Waals surface area contributed by atoms with E-state index < -0.39 is 17.3 Å². The number of hydrogen-bond donors (Lipinski definition) is 1. The Hall–Kier alpha value is -4.84. The fourth-order valence-corrected chi connectivity index (χ4v) is 5.52. The summed E-state index contributed by atoms with van der Waals surface area (Å²) in [5.41, 5.74) is 3.60. The summed E-state index contributed by atoms with van der Waals surface area (Å²) in [5.74, 6) is 0.635. The Bertz CT molecular complexity index is 1660. The van der Waals surface area contributed by atoms with E-state index >= 15 is 0 Å². The zero-order valence-corrected chi connectivity index (χ0v) is 21.7. The average Bonchev–Trinajstić information content (AvgIpc) is 3.37. The van der Waals surface area contributed by atoms with E-state index in [1.165, 1.54) is 12.1 Å². The topological polar surface area (TPSA) is 29.9 Å². The van der Waals surface area contributed by atoms with E-state index in [-0.39, 0.29) is 0 Å². The maximum absolute atomic E-state index is 13.5. The quantitative estimate of drug-likeness (QED) is 0.217. The normalized spacial score (nSPS) is 12.0. The molecule has 6 aromatic rings. The first kappa shape index (κ1) is 25.4. The maximum atomic E-state index is 13.5. The minimum Gasteiger partial charge on any atom is -0.371 e. The first-order valence-electron chi connectivity index (χ1n) is 13.0. The molecule has 198 valence electrons. The predicted molar refractivity (Wildman–Crippen MR) is 154 cm³/mol. The fourth-order valence-electron chi connectivity index (χ4n) is 5.52. The molecule has 40 heavy (non-hydrogen) atoms. The van der Waals surface area contributed by atoms with Crippen LogP contribution in [-0.2, 0) is 11.7 Å². The maximum Gasteiger partial charge on any atom is 0.416 e. The highest BCUT2D eigenvalue weighted by atomic mass is 19.4. The molecule has 0 spiro atoms. The molecule has 0 unspecified atom stereocenters. The molecule has 1 heterocycles. The van der Waals surface area contributed by atoms with Crippen LogP contribution in [0.3, 0.4) is 0 Å². The van der Waals surface area contributed by atoms with Gasteiger partial charge in [0.25, 0.3) is 0 Å². The van der Waals surface area contributed by atoms with Crippen molar-refractivity contribution in [3.8, 4) is 11.1 Å². The summed E-state index contributed by atoms with van der Waals surface area (Å²) in [5, 5.41) is 9.16. The van der Waals surface area contributed by atoms with Gasteiger partial charge in [0, 0.05) is 12.4 Å². The highest BCUT2D eigenvalue weighted by Crippen LogP contribution is 2.44. The van der Waals surface area contributed by atoms with Crippen molar-refractivity contribution in [1.29, 1.82) is 0 Å². The van der Waals surface area contributed by atoms with Gasteiger partial charge < -0.3 is 5.32 Å². The van der Waals surface area contributed by atoms with Crippen LogP contribution in [0.4, 0.5) is 19.0 Å². The molecule has 1 N–H and O–H groups in total. The molecule has 0 radical (unpaired) electrons. The van der Waals surface area contributed by atoms with E-state index in [0.717, 1.165) is 33.7 Å². The Labute approximate surface area is 230 Å². The van der Waals surface area contributed by atoms with Crippen LogP contribution >= 0.6 is 0 Å². The van der Waals surface area contributed by atoms with Gasteiger partial charge >= 0.3 is 6.18 Å². The first-order chi connectivity index (χ1) is 19.4. The van der Waals surface area contributed by atoms with Crippen LogP contribution < -0.4 is 5.32 Å². The number of anilines is 1. The number of aromatic nitrogens is 2. The Morgan fingerprint density at radius 3 is 1.57 bits per heavy atom. The molecule has 0 bridgehead atoms. The lowest BCUT2D eigenvalue weighted by atomic mass is 9.77. The molecule has 5 aromatic carbocycles. The predicted octanol–water partition coefficient (Wildman–Crippen LogP) is 8.60. The molecule has 0 atom stereocenters. The fraction of sp³-hybridized carbons (Fsp3) is 0.0882. The number of nitrogens with zero attached hydrogens (tertiary/aromatic N) is 2. The second-order valence-electron chi connectivity index (χ2n) is 9.63.